The second-order valence-electron chi connectivity index (χ2n) is 3.16. The van der Waals surface area contributed by atoms with E-state index in [1.54, 1.807) is 5.38 Å². The van der Waals surface area contributed by atoms with E-state index in [2.05, 4.69) is 27.0 Å². The zero-order valence-corrected chi connectivity index (χ0v) is 10.4. The van der Waals surface area contributed by atoms with Crippen LogP contribution in [0.4, 0.5) is 0 Å². The van der Waals surface area contributed by atoms with Crippen LogP contribution in [-0.4, -0.2) is 11.3 Å². The third-order valence-corrected chi connectivity index (χ3v) is 3.85. The highest BCUT2D eigenvalue weighted by Crippen LogP contribution is 2.27. The lowest BCUT2D eigenvalue weighted by Gasteiger charge is -2.00. The van der Waals surface area contributed by atoms with Crippen molar-refractivity contribution in [3.8, 4) is 10.6 Å². The largest absolute Gasteiger partial charge is 0.296 e. The van der Waals surface area contributed by atoms with E-state index in [1.165, 1.54) is 11.3 Å². The molecular weight excluding hydrogens is 274 g/mol. The van der Waals surface area contributed by atoms with Gasteiger partial charge >= 0.3 is 0 Å². The quantitative estimate of drug-likeness (QED) is 0.786. The van der Waals surface area contributed by atoms with Crippen molar-refractivity contribution in [2.75, 3.05) is 0 Å². The molecule has 4 heteroatoms. The van der Waals surface area contributed by atoms with Crippen molar-refractivity contribution in [2.24, 2.45) is 0 Å². The molecule has 0 amide bonds. The fourth-order valence-electron chi connectivity index (χ4n) is 1.25. The summed E-state index contributed by atoms with van der Waals surface area (Å²) >= 11 is 4.93. The number of aromatic nitrogens is 1. The second kappa shape index (κ2) is 4.24. The van der Waals surface area contributed by atoms with Gasteiger partial charge in [-0.1, -0.05) is 22.0 Å². The lowest BCUT2D eigenvalue weighted by Crippen LogP contribution is -1.82. The van der Waals surface area contributed by atoms with E-state index in [0.717, 1.165) is 26.9 Å². The number of aryl methyl sites for hydroxylation is 1. The minimum absolute atomic E-state index is 0.496. The van der Waals surface area contributed by atoms with Crippen molar-refractivity contribution in [3.63, 3.8) is 0 Å². The Morgan fingerprint density at radius 3 is 2.87 bits per heavy atom. The van der Waals surface area contributed by atoms with Gasteiger partial charge in [0.2, 0.25) is 0 Å². The van der Waals surface area contributed by atoms with E-state index in [-0.39, 0.29) is 0 Å². The number of aldehydes is 1. The summed E-state index contributed by atoms with van der Waals surface area (Å²) in [5.41, 5.74) is 2.71. The molecule has 0 aliphatic rings. The monoisotopic (exact) mass is 281 g/mol. The normalized spacial score (nSPS) is 10.3. The topological polar surface area (TPSA) is 30.0 Å². The Balaban J connectivity index is 2.44. The first-order valence-electron chi connectivity index (χ1n) is 4.38. The van der Waals surface area contributed by atoms with Crippen molar-refractivity contribution >= 4 is 33.6 Å². The lowest BCUT2D eigenvalue weighted by molar-refractivity contribution is 0.111. The molecule has 2 nitrogen and oxygen atoms in total. The molecule has 1 aromatic heterocycles. The van der Waals surface area contributed by atoms with Crippen molar-refractivity contribution in [2.45, 2.75) is 6.92 Å². The van der Waals surface area contributed by atoms with Gasteiger partial charge in [0.1, 0.15) is 10.7 Å². The first-order chi connectivity index (χ1) is 7.20. The highest BCUT2D eigenvalue weighted by molar-refractivity contribution is 9.10. The van der Waals surface area contributed by atoms with Crippen LogP contribution in [0.3, 0.4) is 0 Å². The predicted octanol–water partition coefficient (Wildman–Crippen LogP) is 3.69. The third kappa shape index (κ3) is 2.16. The van der Waals surface area contributed by atoms with Gasteiger partial charge in [0.05, 0.1) is 0 Å². The Hall–Kier alpha value is -1.00. The zero-order chi connectivity index (χ0) is 10.8. The van der Waals surface area contributed by atoms with Crippen LogP contribution >= 0.6 is 27.3 Å². The number of hydrogen-bond donors (Lipinski definition) is 0. The molecule has 2 aromatic rings. The average molecular weight is 282 g/mol. The van der Waals surface area contributed by atoms with E-state index in [9.17, 15) is 4.79 Å². The number of halogens is 1. The molecule has 0 radical (unpaired) electrons. The Kier molecular flexibility index (Phi) is 2.98. The summed E-state index contributed by atoms with van der Waals surface area (Å²) in [6, 6.07) is 6.04. The van der Waals surface area contributed by atoms with Gasteiger partial charge in [-0.2, -0.15) is 0 Å². The van der Waals surface area contributed by atoms with E-state index >= 15 is 0 Å². The molecule has 0 saturated carbocycles. The molecule has 0 N–H and O–H groups in total. The second-order valence-corrected chi connectivity index (χ2v) is 4.87. The smallest absolute Gasteiger partial charge is 0.169 e. The third-order valence-electron chi connectivity index (χ3n) is 2.05. The first-order valence-corrected chi connectivity index (χ1v) is 6.05. The predicted molar refractivity (Wildman–Crippen MR) is 65.4 cm³/mol. The maximum Gasteiger partial charge on any atom is 0.169 e. The lowest BCUT2D eigenvalue weighted by atomic mass is 10.1. The minimum atomic E-state index is 0.496. The van der Waals surface area contributed by atoms with E-state index < -0.39 is 0 Å². The van der Waals surface area contributed by atoms with Gasteiger partial charge in [-0.3, -0.25) is 4.79 Å². The van der Waals surface area contributed by atoms with Crippen LogP contribution in [0.25, 0.3) is 10.6 Å². The van der Waals surface area contributed by atoms with E-state index in [0.29, 0.717) is 5.69 Å². The molecule has 1 aromatic carbocycles. The van der Waals surface area contributed by atoms with Crippen LogP contribution in [0.1, 0.15) is 16.1 Å². The van der Waals surface area contributed by atoms with Crippen molar-refractivity contribution in [1.82, 2.24) is 4.98 Å². The SMILES string of the molecule is Cc1cc(-c2nc(C=O)cs2)ccc1Br. The summed E-state index contributed by atoms with van der Waals surface area (Å²) in [4.78, 5) is 14.7. The fourth-order valence-corrected chi connectivity index (χ4v) is 2.26. The molecule has 0 aliphatic heterocycles. The summed E-state index contributed by atoms with van der Waals surface area (Å²) < 4.78 is 1.08. The number of carbonyl (C=O) groups excluding carboxylic acids is 1. The molecule has 15 heavy (non-hydrogen) atoms. The molecule has 0 fully saturated rings. The first kappa shape index (κ1) is 10.5. The Morgan fingerprint density at radius 2 is 2.27 bits per heavy atom. The van der Waals surface area contributed by atoms with Gasteiger partial charge in [-0.15, -0.1) is 11.3 Å². The Bertz CT molecular complexity index is 507. The molecule has 0 spiro atoms. The molecule has 0 unspecified atom stereocenters. The number of hydrogen-bond acceptors (Lipinski definition) is 3. The molecule has 0 atom stereocenters. The number of nitrogens with zero attached hydrogens (tertiary/aromatic N) is 1. The Morgan fingerprint density at radius 1 is 1.47 bits per heavy atom. The summed E-state index contributed by atoms with van der Waals surface area (Å²) in [5.74, 6) is 0. The maximum atomic E-state index is 10.5. The van der Waals surface area contributed by atoms with Gasteiger partial charge in [0, 0.05) is 15.4 Å². The van der Waals surface area contributed by atoms with Crippen LogP contribution < -0.4 is 0 Å². The standard InChI is InChI=1S/C11H8BrNOS/c1-7-4-8(2-3-10(7)12)11-13-9(5-14)6-15-11/h2-6H,1H3. The van der Waals surface area contributed by atoms with Gasteiger partial charge in [0.25, 0.3) is 0 Å². The molecule has 1 heterocycles. The van der Waals surface area contributed by atoms with Gasteiger partial charge in [-0.05, 0) is 24.6 Å². The van der Waals surface area contributed by atoms with Crippen LogP contribution in [-0.2, 0) is 0 Å². The summed E-state index contributed by atoms with van der Waals surface area (Å²) in [7, 11) is 0. The van der Waals surface area contributed by atoms with Crippen LogP contribution in [0.15, 0.2) is 28.1 Å². The Labute approximate surface area is 100 Å². The molecule has 2 rings (SSSR count). The average Bonchev–Trinajstić information content (AvgIpc) is 2.70. The summed E-state index contributed by atoms with van der Waals surface area (Å²) in [6.45, 7) is 2.03. The highest BCUT2D eigenvalue weighted by Gasteiger charge is 2.05. The number of thiazole rings is 1. The van der Waals surface area contributed by atoms with Crippen LogP contribution in [0.2, 0.25) is 0 Å². The fraction of sp³-hybridized carbons (Fsp3) is 0.0909. The van der Waals surface area contributed by atoms with E-state index in [4.69, 9.17) is 0 Å². The minimum Gasteiger partial charge on any atom is -0.296 e. The number of rotatable bonds is 2. The zero-order valence-electron chi connectivity index (χ0n) is 8.03. The number of carbonyl (C=O) groups is 1. The molecular formula is C11H8BrNOS. The summed E-state index contributed by atoms with van der Waals surface area (Å²) in [6.07, 6.45) is 0.770. The number of benzene rings is 1. The van der Waals surface area contributed by atoms with Crippen LogP contribution in [0, 0.1) is 6.92 Å². The van der Waals surface area contributed by atoms with Gasteiger partial charge < -0.3 is 0 Å². The molecule has 0 bridgehead atoms. The van der Waals surface area contributed by atoms with Crippen molar-refractivity contribution in [3.05, 3.63) is 39.3 Å². The maximum absolute atomic E-state index is 10.5. The molecule has 0 saturated heterocycles. The highest BCUT2D eigenvalue weighted by atomic mass is 79.9. The van der Waals surface area contributed by atoms with E-state index in [1.807, 2.05) is 19.1 Å². The van der Waals surface area contributed by atoms with Gasteiger partial charge in [0.15, 0.2) is 6.29 Å². The molecule has 0 aliphatic carbocycles. The van der Waals surface area contributed by atoms with Crippen molar-refractivity contribution < 1.29 is 4.79 Å². The summed E-state index contributed by atoms with van der Waals surface area (Å²) in [5, 5.41) is 2.65. The van der Waals surface area contributed by atoms with Gasteiger partial charge in [-0.25, -0.2) is 4.98 Å². The molecule has 76 valence electrons. The van der Waals surface area contributed by atoms with Crippen LogP contribution in [0.5, 0.6) is 0 Å². The van der Waals surface area contributed by atoms with Crippen molar-refractivity contribution in [1.29, 1.82) is 0 Å².